The van der Waals surface area contributed by atoms with Gasteiger partial charge in [0.1, 0.15) is 0 Å². The summed E-state index contributed by atoms with van der Waals surface area (Å²) in [4.78, 5) is 4.28. The van der Waals surface area contributed by atoms with Crippen molar-refractivity contribution in [2.45, 2.75) is 10.5 Å². The molecule has 2 aromatic rings. The smallest absolute Gasteiger partial charge is 0.0915 e. The van der Waals surface area contributed by atoms with Gasteiger partial charge < -0.3 is 0 Å². The molecule has 4 heteroatoms. The molecule has 3 rings (SSSR count). The van der Waals surface area contributed by atoms with Gasteiger partial charge in [-0.3, -0.25) is 4.98 Å². The highest BCUT2D eigenvalue weighted by atomic mass is 35.5. The van der Waals surface area contributed by atoms with Crippen LogP contribution in [0.2, 0.25) is 5.02 Å². The van der Waals surface area contributed by atoms with Gasteiger partial charge >= 0.3 is 0 Å². The second kappa shape index (κ2) is 5.78. The molecule has 1 aromatic carbocycles. The standard InChI is InChI=1S/C15H14ClNS2/c16-14-5-3-12(4-6-14)10-15(18-8-9-19-15)13-2-1-7-17-11-13/h1-7,11H,8-10H2. The first-order valence-corrected chi connectivity index (χ1v) is 8.56. The van der Waals surface area contributed by atoms with Gasteiger partial charge in [0.2, 0.25) is 0 Å². The monoisotopic (exact) mass is 307 g/mol. The van der Waals surface area contributed by atoms with E-state index in [0.717, 1.165) is 11.4 Å². The number of benzene rings is 1. The van der Waals surface area contributed by atoms with Crippen molar-refractivity contribution in [3.8, 4) is 0 Å². The summed E-state index contributed by atoms with van der Waals surface area (Å²) >= 11 is 10.0. The van der Waals surface area contributed by atoms with Crippen molar-refractivity contribution < 1.29 is 0 Å². The van der Waals surface area contributed by atoms with Crippen LogP contribution in [-0.2, 0) is 10.5 Å². The van der Waals surface area contributed by atoms with Crippen LogP contribution < -0.4 is 0 Å². The van der Waals surface area contributed by atoms with Crippen LogP contribution in [0.5, 0.6) is 0 Å². The number of pyridine rings is 1. The molecule has 0 unspecified atom stereocenters. The van der Waals surface area contributed by atoms with Crippen molar-refractivity contribution in [2.24, 2.45) is 0 Å². The zero-order valence-corrected chi connectivity index (χ0v) is 12.8. The molecule has 1 aliphatic heterocycles. The Morgan fingerprint density at radius 1 is 1.11 bits per heavy atom. The lowest BCUT2D eigenvalue weighted by molar-refractivity contribution is 0.865. The van der Waals surface area contributed by atoms with Crippen molar-refractivity contribution in [2.75, 3.05) is 11.5 Å². The first-order valence-electron chi connectivity index (χ1n) is 6.21. The molecule has 98 valence electrons. The molecule has 1 aliphatic rings. The second-order valence-corrected chi connectivity index (χ2v) is 7.98. The molecule has 0 spiro atoms. The van der Waals surface area contributed by atoms with E-state index in [1.807, 2.05) is 54.1 Å². The van der Waals surface area contributed by atoms with E-state index < -0.39 is 0 Å². The summed E-state index contributed by atoms with van der Waals surface area (Å²) in [7, 11) is 0. The molecule has 0 atom stereocenters. The molecule has 1 fully saturated rings. The average Bonchev–Trinajstić information content (AvgIpc) is 2.92. The fourth-order valence-electron chi connectivity index (χ4n) is 2.28. The van der Waals surface area contributed by atoms with Crippen LogP contribution in [0.1, 0.15) is 11.1 Å². The van der Waals surface area contributed by atoms with Gasteiger partial charge in [-0.25, -0.2) is 0 Å². The van der Waals surface area contributed by atoms with Crippen molar-refractivity contribution in [1.29, 1.82) is 0 Å². The molecule has 1 saturated heterocycles. The molecule has 19 heavy (non-hydrogen) atoms. The van der Waals surface area contributed by atoms with Crippen LogP contribution >= 0.6 is 35.1 Å². The normalized spacial score (nSPS) is 17.5. The number of halogens is 1. The molecule has 0 radical (unpaired) electrons. The molecule has 0 aliphatic carbocycles. The van der Waals surface area contributed by atoms with Gasteiger partial charge in [0.15, 0.2) is 0 Å². The van der Waals surface area contributed by atoms with E-state index >= 15 is 0 Å². The number of thioether (sulfide) groups is 2. The fourth-order valence-corrected chi connectivity index (χ4v) is 5.68. The van der Waals surface area contributed by atoms with Gasteiger partial charge in [-0.1, -0.05) is 29.8 Å². The Balaban J connectivity index is 1.91. The highest BCUT2D eigenvalue weighted by Gasteiger charge is 2.37. The quantitative estimate of drug-likeness (QED) is 0.822. The SMILES string of the molecule is Clc1ccc(CC2(c3cccnc3)SCCS2)cc1. The average molecular weight is 308 g/mol. The van der Waals surface area contributed by atoms with Gasteiger partial charge in [-0.2, -0.15) is 0 Å². The maximum Gasteiger partial charge on any atom is 0.0915 e. The zero-order valence-electron chi connectivity index (χ0n) is 10.4. The minimum Gasteiger partial charge on any atom is -0.264 e. The zero-order chi connectivity index (χ0) is 13.1. The van der Waals surface area contributed by atoms with Gasteiger partial charge in [0.05, 0.1) is 4.08 Å². The Morgan fingerprint density at radius 2 is 1.84 bits per heavy atom. The summed E-state index contributed by atoms with van der Waals surface area (Å²) < 4.78 is 0.113. The predicted octanol–water partition coefficient (Wildman–Crippen LogP) is 4.61. The first kappa shape index (κ1) is 13.3. The van der Waals surface area contributed by atoms with E-state index in [-0.39, 0.29) is 4.08 Å². The third kappa shape index (κ3) is 2.93. The van der Waals surface area contributed by atoms with Crippen molar-refractivity contribution >= 4 is 35.1 Å². The van der Waals surface area contributed by atoms with Crippen LogP contribution in [-0.4, -0.2) is 16.5 Å². The summed E-state index contributed by atoms with van der Waals surface area (Å²) in [6, 6.07) is 12.4. The Bertz CT molecular complexity index is 536. The summed E-state index contributed by atoms with van der Waals surface area (Å²) in [6.45, 7) is 0. The minimum absolute atomic E-state index is 0.113. The van der Waals surface area contributed by atoms with E-state index in [0.29, 0.717) is 0 Å². The van der Waals surface area contributed by atoms with Crippen LogP contribution in [0, 0.1) is 0 Å². The maximum absolute atomic E-state index is 5.96. The summed E-state index contributed by atoms with van der Waals surface area (Å²) in [5.74, 6) is 2.40. The molecule has 0 N–H and O–H groups in total. The van der Waals surface area contributed by atoms with Crippen molar-refractivity contribution in [3.05, 3.63) is 64.9 Å². The highest BCUT2D eigenvalue weighted by Crippen LogP contribution is 2.53. The highest BCUT2D eigenvalue weighted by molar-refractivity contribution is 8.20. The van der Waals surface area contributed by atoms with Gasteiger partial charge in [0, 0.05) is 35.3 Å². The van der Waals surface area contributed by atoms with Crippen LogP contribution in [0.15, 0.2) is 48.8 Å². The largest absolute Gasteiger partial charge is 0.264 e. The van der Waals surface area contributed by atoms with Crippen LogP contribution in [0.4, 0.5) is 0 Å². The molecule has 0 amide bonds. The number of hydrogen-bond acceptors (Lipinski definition) is 3. The number of aromatic nitrogens is 1. The minimum atomic E-state index is 0.113. The molecule has 1 aromatic heterocycles. The fraction of sp³-hybridized carbons (Fsp3) is 0.267. The van der Waals surface area contributed by atoms with E-state index in [2.05, 4.69) is 23.2 Å². The van der Waals surface area contributed by atoms with Gasteiger partial charge in [-0.15, -0.1) is 23.5 Å². The lowest BCUT2D eigenvalue weighted by atomic mass is 10.0. The maximum atomic E-state index is 5.96. The number of hydrogen-bond donors (Lipinski definition) is 0. The number of nitrogens with zero attached hydrogens (tertiary/aromatic N) is 1. The summed E-state index contributed by atoms with van der Waals surface area (Å²) in [5, 5.41) is 0.797. The van der Waals surface area contributed by atoms with Crippen LogP contribution in [0.25, 0.3) is 0 Å². The molecule has 1 nitrogen and oxygen atoms in total. The predicted molar refractivity (Wildman–Crippen MR) is 86.0 cm³/mol. The van der Waals surface area contributed by atoms with Crippen molar-refractivity contribution in [1.82, 2.24) is 4.98 Å². The lowest BCUT2D eigenvalue weighted by Crippen LogP contribution is -2.18. The molecule has 0 bridgehead atoms. The Labute approximate surface area is 127 Å². The molecular weight excluding hydrogens is 294 g/mol. The van der Waals surface area contributed by atoms with Crippen LogP contribution in [0.3, 0.4) is 0 Å². The van der Waals surface area contributed by atoms with Gasteiger partial charge in [-0.05, 0) is 29.3 Å². The van der Waals surface area contributed by atoms with E-state index in [1.165, 1.54) is 22.6 Å². The van der Waals surface area contributed by atoms with E-state index in [1.54, 1.807) is 0 Å². The topological polar surface area (TPSA) is 12.9 Å². The molecular formula is C15H14ClNS2. The third-order valence-corrected chi connectivity index (χ3v) is 6.93. The number of rotatable bonds is 3. The second-order valence-electron chi connectivity index (χ2n) is 4.49. The third-order valence-electron chi connectivity index (χ3n) is 3.21. The Morgan fingerprint density at radius 3 is 2.47 bits per heavy atom. The first-order chi connectivity index (χ1) is 9.28. The van der Waals surface area contributed by atoms with E-state index in [9.17, 15) is 0 Å². The summed E-state index contributed by atoms with van der Waals surface area (Å²) in [5.41, 5.74) is 2.65. The Hall–Kier alpha value is -0.640. The lowest BCUT2D eigenvalue weighted by Gasteiger charge is -2.27. The molecule has 0 saturated carbocycles. The Kier molecular flexibility index (Phi) is 4.06. The van der Waals surface area contributed by atoms with Crippen molar-refractivity contribution in [3.63, 3.8) is 0 Å². The summed E-state index contributed by atoms with van der Waals surface area (Å²) in [6.07, 6.45) is 4.86. The van der Waals surface area contributed by atoms with Gasteiger partial charge in [0.25, 0.3) is 0 Å². The van der Waals surface area contributed by atoms with E-state index in [4.69, 9.17) is 11.6 Å². The molecule has 2 heterocycles.